The minimum atomic E-state index is 0.110. The molecule has 84 valence electrons. The zero-order valence-electron chi connectivity index (χ0n) is 9.01. The second-order valence-corrected chi connectivity index (χ2v) is 4.90. The molecule has 1 heterocycles. The van der Waals surface area contributed by atoms with Crippen molar-refractivity contribution in [3.63, 3.8) is 0 Å². The van der Waals surface area contributed by atoms with E-state index < -0.39 is 0 Å². The molecule has 0 N–H and O–H groups in total. The summed E-state index contributed by atoms with van der Waals surface area (Å²) in [5.41, 5.74) is 0.993. The fourth-order valence-electron chi connectivity index (χ4n) is 1.62. The highest BCUT2D eigenvalue weighted by atomic mass is 32.1. The number of hydrogen-bond donors (Lipinski definition) is 1. The molecule has 1 aromatic heterocycles. The van der Waals surface area contributed by atoms with Crippen molar-refractivity contribution in [2.24, 2.45) is 0 Å². The first-order valence-electron chi connectivity index (χ1n) is 5.07. The van der Waals surface area contributed by atoms with Gasteiger partial charge in [-0.05, 0) is 11.8 Å². The lowest BCUT2D eigenvalue weighted by molar-refractivity contribution is -0.117. The summed E-state index contributed by atoms with van der Waals surface area (Å²) < 4.78 is 1.21. The summed E-state index contributed by atoms with van der Waals surface area (Å²) in [5.74, 6) is 0.698. The summed E-state index contributed by atoms with van der Waals surface area (Å²) in [5, 5.41) is 3.17. The number of nitrogens with zero attached hydrogens (tertiary/aromatic N) is 1. The largest absolute Gasteiger partial charge is 0.314 e. The molecule has 0 bridgehead atoms. The summed E-state index contributed by atoms with van der Waals surface area (Å²) in [4.78, 5) is 13.5. The molecular formula is C12H13NOS2. The van der Waals surface area contributed by atoms with Gasteiger partial charge in [0.2, 0.25) is 5.91 Å². The molecule has 1 aromatic carbocycles. The molecule has 0 unspecified atom stereocenters. The predicted octanol–water partition coefficient (Wildman–Crippen LogP) is 3.18. The standard InChI is InChI=1S/C12H13NOS2/c1-13(12(14)6-7-15)10-8-16-11-5-3-2-4-9(10)11/h2-5,8,15H,6-7H2,1H3. The summed E-state index contributed by atoms with van der Waals surface area (Å²) >= 11 is 5.75. The number of thiol groups is 1. The molecule has 2 nitrogen and oxygen atoms in total. The molecule has 2 rings (SSSR count). The van der Waals surface area contributed by atoms with Gasteiger partial charge in [-0.1, -0.05) is 18.2 Å². The molecule has 0 saturated heterocycles. The Kier molecular flexibility index (Phi) is 3.51. The number of rotatable bonds is 3. The van der Waals surface area contributed by atoms with Crippen LogP contribution < -0.4 is 4.90 Å². The second kappa shape index (κ2) is 4.89. The Morgan fingerprint density at radius 2 is 2.19 bits per heavy atom. The maximum atomic E-state index is 11.8. The molecule has 0 aliphatic heterocycles. The van der Waals surface area contributed by atoms with Crippen molar-refractivity contribution in [1.82, 2.24) is 0 Å². The molecule has 16 heavy (non-hydrogen) atoms. The Bertz CT molecular complexity index is 506. The first-order chi connectivity index (χ1) is 7.74. The molecule has 4 heteroatoms. The Labute approximate surface area is 104 Å². The Morgan fingerprint density at radius 3 is 2.94 bits per heavy atom. The van der Waals surface area contributed by atoms with Crippen molar-refractivity contribution in [3.05, 3.63) is 29.6 Å². The molecular weight excluding hydrogens is 238 g/mol. The van der Waals surface area contributed by atoms with E-state index in [0.717, 1.165) is 11.1 Å². The third kappa shape index (κ3) is 2.08. The summed E-state index contributed by atoms with van der Waals surface area (Å²) in [7, 11) is 1.82. The van der Waals surface area contributed by atoms with Gasteiger partial charge in [0, 0.05) is 28.9 Å². The van der Waals surface area contributed by atoms with Gasteiger partial charge in [0.25, 0.3) is 0 Å². The van der Waals surface area contributed by atoms with Crippen LogP contribution in [-0.2, 0) is 4.79 Å². The van der Waals surface area contributed by atoms with Crippen molar-refractivity contribution in [1.29, 1.82) is 0 Å². The van der Waals surface area contributed by atoms with Crippen LogP contribution in [0.3, 0.4) is 0 Å². The van der Waals surface area contributed by atoms with Crippen LogP contribution in [0.4, 0.5) is 5.69 Å². The number of carbonyl (C=O) groups excluding carboxylic acids is 1. The summed E-state index contributed by atoms with van der Waals surface area (Å²) in [6.45, 7) is 0. The first kappa shape index (κ1) is 11.5. The van der Waals surface area contributed by atoms with Crippen LogP contribution in [0.2, 0.25) is 0 Å². The first-order valence-corrected chi connectivity index (χ1v) is 6.59. The smallest absolute Gasteiger partial charge is 0.227 e. The Morgan fingerprint density at radius 1 is 1.44 bits per heavy atom. The third-order valence-electron chi connectivity index (χ3n) is 2.52. The number of hydrogen-bond acceptors (Lipinski definition) is 3. The highest BCUT2D eigenvalue weighted by Crippen LogP contribution is 2.32. The van der Waals surface area contributed by atoms with E-state index in [1.165, 1.54) is 4.70 Å². The lowest BCUT2D eigenvalue weighted by Gasteiger charge is -2.15. The van der Waals surface area contributed by atoms with E-state index >= 15 is 0 Å². The topological polar surface area (TPSA) is 20.3 Å². The van der Waals surface area contributed by atoms with E-state index in [0.29, 0.717) is 12.2 Å². The monoisotopic (exact) mass is 251 g/mol. The normalized spacial score (nSPS) is 10.6. The third-order valence-corrected chi connectivity index (χ3v) is 3.70. The van der Waals surface area contributed by atoms with Crippen molar-refractivity contribution in [2.45, 2.75) is 6.42 Å². The van der Waals surface area contributed by atoms with Gasteiger partial charge in [0.1, 0.15) is 0 Å². The maximum Gasteiger partial charge on any atom is 0.227 e. The van der Waals surface area contributed by atoms with Gasteiger partial charge in [-0.2, -0.15) is 12.6 Å². The molecule has 0 spiro atoms. The minimum Gasteiger partial charge on any atom is -0.314 e. The predicted molar refractivity (Wildman–Crippen MR) is 73.7 cm³/mol. The van der Waals surface area contributed by atoms with Gasteiger partial charge >= 0.3 is 0 Å². The highest BCUT2D eigenvalue weighted by molar-refractivity contribution is 7.80. The van der Waals surface area contributed by atoms with E-state index in [4.69, 9.17) is 0 Å². The van der Waals surface area contributed by atoms with Crippen molar-refractivity contribution in [3.8, 4) is 0 Å². The van der Waals surface area contributed by atoms with E-state index in [9.17, 15) is 4.79 Å². The van der Waals surface area contributed by atoms with Gasteiger partial charge < -0.3 is 4.90 Å². The second-order valence-electron chi connectivity index (χ2n) is 3.54. The lowest BCUT2D eigenvalue weighted by atomic mass is 10.2. The number of carbonyl (C=O) groups is 1. The van der Waals surface area contributed by atoms with Crippen LogP contribution in [0.25, 0.3) is 10.1 Å². The molecule has 0 atom stereocenters. The minimum absolute atomic E-state index is 0.110. The van der Waals surface area contributed by atoms with E-state index in [1.54, 1.807) is 16.2 Å². The lowest BCUT2D eigenvalue weighted by Crippen LogP contribution is -2.25. The Balaban J connectivity index is 2.36. The number of anilines is 1. The average Bonchev–Trinajstić information content (AvgIpc) is 2.72. The van der Waals surface area contributed by atoms with Crippen molar-refractivity contribution in [2.75, 3.05) is 17.7 Å². The SMILES string of the molecule is CN(C(=O)CCS)c1csc2ccccc12. The van der Waals surface area contributed by atoms with Gasteiger partial charge in [-0.15, -0.1) is 11.3 Å². The van der Waals surface area contributed by atoms with Crippen molar-refractivity contribution >= 4 is 45.6 Å². The van der Waals surface area contributed by atoms with Gasteiger partial charge in [0.05, 0.1) is 5.69 Å². The van der Waals surface area contributed by atoms with E-state index in [1.807, 2.05) is 30.6 Å². The Hall–Kier alpha value is -1.00. The van der Waals surface area contributed by atoms with Crippen LogP contribution in [0, 0.1) is 0 Å². The fraction of sp³-hybridized carbons (Fsp3) is 0.250. The van der Waals surface area contributed by atoms with Crippen LogP contribution in [0.5, 0.6) is 0 Å². The van der Waals surface area contributed by atoms with E-state index in [2.05, 4.69) is 18.7 Å². The number of thiophene rings is 1. The van der Waals surface area contributed by atoms with Crippen LogP contribution in [-0.4, -0.2) is 18.7 Å². The molecule has 0 radical (unpaired) electrons. The van der Waals surface area contributed by atoms with Gasteiger partial charge in [-0.25, -0.2) is 0 Å². The zero-order chi connectivity index (χ0) is 11.5. The van der Waals surface area contributed by atoms with Crippen molar-refractivity contribution < 1.29 is 4.79 Å². The zero-order valence-corrected chi connectivity index (χ0v) is 10.7. The maximum absolute atomic E-state index is 11.8. The van der Waals surface area contributed by atoms with E-state index in [-0.39, 0.29) is 5.91 Å². The fourth-order valence-corrected chi connectivity index (χ4v) is 2.79. The summed E-state index contributed by atoms with van der Waals surface area (Å²) in [6.07, 6.45) is 0.476. The van der Waals surface area contributed by atoms with Gasteiger partial charge in [-0.3, -0.25) is 4.79 Å². The van der Waals surface area contributed by atoms with Crippen LogP contribution in [0.15, 0.2) is 29.6 Å². The molecule has 1 amide bonds. The average molecular weight is 251 g/mol. The summed E-state index contributed by atoms with van der Waals surface area (Å²) in [6, 6.07) is 8.12. The number of benzene rings is 1. The van der Waals surface area contributed by atoms with Gasteiger partial charge in [0.15, 0.2) is 0 Å². The highest BCUT2D eigenvalue weighted by Gasteiger charge is 2.13. The molecule has 0 aliphatic rings. The molecule has 0 saturated carbocycles. The van der Waals surface area contributed by atoms with Crippen LogP contribution >= 0.6 is 24.0 Å². The number of fused-ring (bicyclic) bond motifs is 1. The molecule has 2 aromatic rings. The number of amides is 1. The van der Waals surface area contributed by atoms with Crippen LogP contribution in [0.1, 0.15) is 6.42 Å². The molecule has 0 fully saturated rings. The quantitative estimate of drug-likeness (QED) is 0.831. The molecule has 0 aliphatic carbocycles.